The van der Waals surface area contributed by atoms with Gasteiger partial charge < -0.3 is 5.32 Å². The number of nitriles is 1. The monoisotopic (exact) mass is 250 g/mol. The molecule has 0 amide bonds. The Morgan fingerprint density at radius 1 is 1.29 bits per heavy atom. The first-order chi connectivity index (χ1) is 8.20. The lowest BCUT2D eigenvalue weighted by Gasteiger charge is -2.09. The van der Waals surface area contributed by atoms with Gasteiger partial charge in [0.1, 0.15) is 11.6 Å². The Hall–Kier alpha value is -1.28. The van der Waals surface area contributed by atoms with Gasteiger partial charge in [-0.05, 0) is 44.3 Å². The summed E-state index contributed by atoms with van der Waals surface area (Å²) in [4.78, 5) is 0. The van der Waals surface area contributed by atoms with Gasteiger partial charge in [-0.2, -0.15) is 22.1 Å². The fourth-order valence-corrected chi connectivity index (χ4v) is 1.94. The summed E-state index contributed by atoms with van der Waals surface area (Å²) in [6, 6.07) is 2.19. The van der Waals surface area contributed by atoms with E-state index < -0.39 is 0 Å². The molecule has 1 N–H and O–H groups in total. The predicted octanol–water partition coefficient (Wildman–Crippen LogP) is 2.52. The van der Waals surface area contributed by atoms with Crippen LogP contribution >= 0.6 is 11.8 Å². The average molecular weight is 250 g/mol. The van der Waals surface area contributed by atoms with Crippen LogP contribution in [0.5, 0.6) is 0 Å². The van der Waals surface area contributed by atoms with E-state index in [0.717, 1.165) is 24.2 Å². The maximum atomic E-state index is 9.10. The highest BCUT2D eigenvalue weighted by atomic mass is 32.2. The number of anilines is 1. The van der Waals surface area contributed by atoms with E-state index in [9.17, 15) is 0 Å². The Kier molecular flexibility index (Phi) is 5.78. The Morgan fingerprint density at radius 3 is 2.71 bits per heavy atom. The molecule has 1 aromatic heterocycles. The zero-order valence-corrected chi connectivity index (χ0v) is 11.4. The van der Waals surface area contributed by atoms with Crippen molar-refractivity contribution >= 4 is 17.6 Å². The molecule has 0 aliphatic heterocycles. The summed E-state index contributed by atoms with van der Waals surface area (Å²) in [6.45, 7) is 4.61. The molecular formula is C12H18N4S. The zero-order valence-electron chi connectivity index (χ0n) is 10.6. The van der Waals surface area contributed by atoms with Crippen LogP contribution in [-0.2, 0) is 0 Å². The second-order valence-corrected chi connectivity index (χ2v) is 4.86. The molecule has 0 saturated heterocycles. The fraction of sp³-hybridized carbons (Fsp3) is 0.583. The van der Waals surface area contributed by atoms with Crippen LogP contribution in [0.3, 0.4) is 0 Å². The number of nitrogens with zero attached hydrogens (tertiary/aromatic N) is 3. The normalized spacial score (nSPS) is 10.0. The van der Waals surface area contributed by atoms with Crippen LogP contribution in [-0.4, -0.2) is 28.8 Å². The third-order valence-corrected chi connectivity index (χ3v) is 3.33. The minimum absolute atomic E-state index is 0.611. The van der Waals surface area contributed by atoms with E-state index in [-0.39, 0.29) is 0 Å². The SMILES string of the molecule is CSCCCCNc1nnc(C)c(C)c1C#N. The van der Waals surface area contributed by atoms with Crippen molar-refractivity contribution in [1.82, 2.24) is 10.2 Å². The van der Waals surface area contributed by atoms with E-state index in [2.05, 4.69) is 27.8 Å². The third kappa shape index (κ3) is 3.90. The van der Waals surface area contributed by atoms with Crippen molar-refractivity contribution in [3.8, 4) is 6.07 Å². The summed E-state index contributed by atoms with van der Waals surface area (Å²) in [5.74, 6) is 1.78. The van der Waals surface area contributed by atoms with Crippen molar-refractivity contribution in [2.75, 3.05) is 23.9 Å². The number of rotatable bonds is 6. The summed E-state index contributed by atoms with van der Waals surface area (Å²) < 4.78 is 0. The molecule has 92 valence electrons. The van der Waals surface area contributed by atoms with Gasteiger partial charge in [-0.25, -0.2) is 0 Å². The van der Waals surface area contributed by atoms with Crippen LogP contribution in [0.2, 0.25) is 0 Å². The average Bonchev–Trinajstić information content (AvgIpc) is 2.33. The molecule has 0 aromatic carbocycles. The first-order valence-electron chi connectivity index (χ1n) is 5.67. The number of aromatic nitrogens is 2. The van der Waals surface area contributed by atoms with Crippen molar-refractivity contribution in [3.05, 3.63) is 16.8 Å². The molecule has 0 spiro atoms. The lowest BCUT2D eigenvalue weighted by atomic mass is 10.1. The number of nitrogens with one attached hydrogen (secondary N) is 1. The van der Waals surface area contributed by atoms with E-state index >= 15 is 0 Å². The second-order valence-electron chi connectivity index (χ2n) is 3.87. The molecule has 17 heavy (non-hydrogen) atoms. The molecule has 1 aromatic rings. The topological polar surface area (TPSA) is 61.6 Å². The van der Waals surface area contributed by atoms with Gasteiger partial charge in [0.25, 0.3) is 0 Å². The van der Waals surface area contributed by atoms with Crippen LogP contribution in [0.1, 0.15) is 29.7 Å². The highest BCUT2D eigenvalue weighted by Crippen LogP contribution is 2.16. The Labute approximate surface area is 107 Å². The lowest BCUT2D eigenvalue weighted by molar-refractivity contribution is 0.831. The molecule has 5 heteroatoms. The number of thioether (sulfide) groups is 1. The molecule has 0 aliphatic carbocycles. The molecule has 0 radical (unpaired) electrons. The van der Waals surface area contributed by atoms with Crippen molar-refractivity contribution < 1.29 is 0 Å². The van der Waals surface area contributed by atoms with Gasteiger partial charge in [0.05, 0.1) is 5.69 Å². The van der Waals surface area contributed by atoms with Gasteiger partial charge in [0.2, 0.25) is 0 Å². The minimum Gasteiger partial charge on any atom is -0.367 e. The Balaban J connectivity index is 2.60. The number of hydrogen-bond donors (Lipinski definition) is 1. The van der Waals surface area contributed by atoms with Crippen LogP contribution in [0.25, 0.3) is 0 Å². The zero-order chi connectivity index (χ0) is 12.7. The minimum atomic E-state index is 0.611. The van der Waals surface area contributed by atoms with Gasteiger partial charge in [0, 0.05) is 6.54 Å². The van der Waals surface area contributed by atoms with Crippen molar-refractivity contribution in [2.24, 2.45) is 0 Å². The van der Waals surface area contributed by atoms with Crippen LogP contribution in [0.4, 0.5) is 5.82 Å². The molecule has 0 fully saturated rings. The van der Waals surface area contributed by atoms with Crippen molar-refractivity contribution in [1.29, 1.82) is 5.26 Å². The summed E-state index contributed by atoms with van der Waals surface area (Å²) >= 11 is 1.85. The van der Waals surface area contributed by atoms with Crippen LogP contribution in [0.15, 0.2) is 0 Å². The number of aryl methyl sites for hydroxylation is 1. The van der Waals surface area contributed by atoms with E-state index in [0.29, 0.717) is 11.4 Å². The Morgan fingerprint density at radius 2 is 2.06 bits per heavy atom. The maximum absolute atomic E-state index is 9.10. The molecule has 0 atom stereocenters. The number of hydrogen-bond acceptors (Lipinski definition) is 5. The lowest BCUT2D eigenvalue weighted by Crippen LogP contribution is -2.09. The summed E-state index contributed by atoms with van der Waals surface area (Å²) in [6.07, 6.45) is 4.37. The second kappa shape index (κ2) is 7.13. The smallest absolute Gasteiger partial charge is 0.166 e. The van der Waals surface area contributed by atoms with Crippen molar-refractivity contribution in [2.45, 2.75) is 26.7 Å². The van der Waals surface area contributed by atoms with Crippen LogP contribution in [0, 0.1) is 25.2 Å². The fourth-order valence-electron chi connectivity index (χ4n) is 1.45. The largest absolute Gasteiger partial charge is 0.367 e. The predicted molar refractivity (Wildman–Crippen MR) is 72.3 cm³/mol. The third-order valence-electron chi connectivity index (χ3n) is 2.63. The molecule has 0 unspecified atom stereocenters. The van der Waals surface area contributed by atoms with Gasteiger partial charge in [-0.3, -0.25) is 0 Å². The molecular weight excluding hydrogens is 232 g/mol. The first kappa shape index (κ1) is 13.8. The molecule has 0 aliphatic rings. The molecule has 1 heterocycles. The molecule has 4 nitrogen and oxygen atoms in total. The summed E-state index contributed by atoms with van der Waals surface area (Å²) in [5.41, 5.74) is 2.34. The number of unbranched alkanes of at least 4 members (excludes halogenated alkanes) is 1. The highest BCUT2D eigenvalue weighted by molar-refractivity contribution is 7.98. The maximum Gasteiger partial charge on any atom is 0.166 e. The Bertz CT molecular complexity index is 412. The standard InChI is InChI=1S/C12H18N4S/c1-9-10(2)15-16-12(11(9)8-13)14-6-4-5-7-17-3/h4-7H2,1-3H3,(H,14,16). The van der Waals surface area contributed by atoms with E-state index in [1.807, 2.05) is 25.6 Å². The van der Waals surface area contributed by atoms with Gasteiger partial charge >= 0.3 is 0 Å². The first-order valence-corrected chi connectivity index (χ1v) is 7.07. The molecule has 0 bridgehead atoms. The quantitative estimate of drug-likeness (QED) is 0.786. The van der Waals surface area contributed by atoms with Crippen molar-refractivity contribution in [3.63, 3.8) is 0 Å². The molecule has 1 rings (SSSR count). The summed E-state index contributed by atoms with van der Waals surface area (Å²) in [7, 11) is 0. The van der Waals surface area contributed by atoms with E-state index in [1.54, 1.807) is 0 Å². The van der Waals surface area contributed by atoms with E-state index in [1.165, 1.54) is 12.2 Å². The van der Waals surface area contributed by atoms with E-state index in [4.69, 9.17) is 5.26 Å². The van der Waals surface area contributed by atoms with Gasteiger partial charge in [-0.1, -0.05) is 0 Å². The van der Waals surface area contributed by atoms with Crippen LogP contribution < -0.4 is 5.32 Å². The summed E-state index contributed by atoms with van der Waals surface area (Å²) in [5, 5.41) is 20.4. The molecule has 0 saturated carbocycles. The van der Waals surface area contributed by atoms with Gasteiger partial charge in [-0.15, -0.1) is 5.10 Å². The highest BCUT2D eigenvalue weighted by Gasteiger charge is 2.09. The van der Waals surface area contributed by atoms with Gasteiger partial charge in [0.15, 0.2) is 5.82 Å².